The molecule has 0 radical (unpaired) electrons. The molecule has 1 rings (SSSR count). The van der Waals surface area contributed by atoms with Crippen LogP contribution in [0.3, 0.4) is 0 Å². The fourth-order valence-electron chi connectivity index (χ4n) is 9.34. The van der Waals surface area contributed by atoms with E-state index in [1.54, 1.807) is 46.4 Å². The number of Topliss-reactive ketones (excluding diaryl/α,β-unsaturated/α-hetero) is 1. The van der Waals surface area contributed by atoms with Gasteiger partial charge >= 0.3 is 0 Å². The maximum atomic E-state index is 14.2. The summed E-state index contributed by atoms with van der Waals surface area (Å²) in [6, 6.07) is -5.99. The Hall–Kier alpha value is -5.22. The molecule has 1 aliphatic rings. The molecule has 1 heterocycles. The molecule has 22 nitrogen and oxygen atoms in total. The van der Waals surface area contributed by atoms with Crippen LogP contribution in [-0.4, -0.2) is 159 Å². The van der Waals surface area contributed by atoms with E-state index in [0.29, 0.717) is 45.3 Å². The van der Waals surface area contributed by atoms with Gasteiger partial charge in [-0.25, -0.2) is 0 Å². The zero-order valence-corrected chi connectivity index (χ0v) is 51.5. The predicted octanol–water partition coefficient (Wildman–Crippen LogP) is 2.94. The van der Waals surface area contributed by atoms with Crippen LogP contribution in [-0.2, 0) is 47.9 Å². The van der Waals surface area contributed by atoms with Crippen molar-refractivity contribution in [2.75, 3.05) is 26.2 Å². The van der Waals surface area contributed by atoms with Gasteiger partial charge in [-0.05, 0) is 105 Å². The summed E-state index contributed by atoms with van der Waals surface area (Å²) in [5.41, 5.74) is -4.64. The van der Waals surface area contributed by atoms with Crippen molar-refractivity contribution in [1.29, 1.82) is 0 Å². The Kier molecular flexibility index (Phi) is 31.8. The highest BCUT2D eigenvalue weighted by Gasteiger charge is 2.42. The summed E-state index contributed by atoms with van der Waals surface area (Å²) in [4.78, 5) is 138. The van der Waals surface area contributed by atoms with Crippen molar-refractivity contribution < 1.29 is 58.2 Å². The number of carbonyl (C=O) groups is 10. The number of nitrogens with zero attached hydrogens (tertiary/aromatic N) is 1. The van der Waals surface area contributed by atoms with Gasteiger partial charge in [0.25, 0.3) is 0 Å². The Balaban J connectivity index is 3.22. The second-order valence-electron chi connectivity index (χ2n) is 24.4. The summed E-state index contributed by atoms with van der Waals surface area (Å²) in [5, 5.41) is 44.6. The summed E-state index contributed by atoms with van der Waals surface area (Å²) >= 11 is 0. The Morgan fingerprint density at radius 3 is 1.79 bits per heavy atom. The minimum absolute atomic E-state index is 0.0300. The van der Waals surface area contributed by atoms with Crippen LogP contribution >= 0.6 is 0 Å². The van der Waals surface area contributed by atoms with E-state index in [0.717, 1.165) is 32.1 Å². The highest BCUT2D eigenvalue weighted by Crippen LogP contribution is 2.24. The normalized spacial score (nSPS) is 17.3. The van der Waals surface area contributed by atoms with Gasteiger partial charge in [-0.2, -0.15) is 0 Å². The van der Waals surface area contributed by atoms with E-state index >= 15 is 0 Å². The molecule has 0 aromatic heterocycles. The number of carbonyl (C=O) groups excluding carboxylic acids is 10. The fraction of sp³-hybridized carbons (Fsp3) is 0.828. The monoisotopic (exact) mass is 1130 g/mol. The standard InChI is InChI=1S/C58H106N10O12/c1-17-20-21-22-23-24-26-38(8)52(77)68-29-25-27-44(68)49(74)62-43(32-36(6)31-42(71)33-41(70)19-3)48(73)61-40(10)47(72)65-56(11,12)54(79)64-46(37(7)18-2)50(75)63-45(35(4)5)51(76)66-58(15,16)55(80)67-57(13,14)53(78)60-39(9)34-59-28-30-69/h35-40,42-46,59,69,71H,17-34H2,1-16H3,(H,60,78)(H,61,73)(H,62,74)(H,63,75)(H,64,79)(H,65,72)(H,66,76)(H,67,80)/t36-,37+,38+,39+,40-,42+,43+,44-,45+,46-/m0/s1. The van der Waals surface area contributed by atoms with Gasteiger partial charge in [-0.15, -0.1) is 0 Å². The minimum atomic E-state index is -1.67. The zero-order chi connectivity index (χ0) is 61.3. The molecular weight excluding hydrogens is 1030 g/mol. The van der Waals surface area contributed by atoms with E-state index in [1.165, 1.54) is 54.9 Å². The molecule has 22 heteroatoms. The van der Waals surface area contributed by atoms with Gasteiger partial charge in [0.1, 0.15) is 52.6 Å². The molecule has 0 aromatic carbocycles. The number of aliphatic hydroxyl groups excluding tert-OH is 2. The van der Waals surface area contributed by atoms with Crippen molar-refractivity contribution in [3.63, 3.8) is 0 Å². The molecule has 0 spiro atoms. The number of unbranched alkanes of at least 4 members (excludes halogenated alkanes) is 5. The van der Waals surface area contributed by atoms with Gasteiger partial charge in [0, 0.05) is 44.4 Å². The number of hydrogen-bond acceptors (Lipinski definition) is 13. The molecule has 0 saturated carbocycles. The summed E-state index contributed by atoms with van der Waals surface area (Å²) in [6.45, 7) is 27.5. The summed E-state index contributed by atoms with van der Waals surface area (Å²) in [7, 11) is 0. The molecule has 0 unspecified atom stereocenters. The van der Waals surface area contributed by atoms with Crippen molar-refractivity contribution in [3.8, 4) is 0 Å². The first-order valence-electron chi connectivity index (χ1n) is 29.5. The third-order valence-corrected chi connectivity index (χ3v) is 15.0. The van der Waals surface area contributed by atoms with Crippen molar-refractivity contribution in [2.24, 2.45) is 23.7 Å². The topological polar surface area (TPSA) is 323 Å². The molecular formula is C58H106N10O12. The molecule has 9 amide bonds. The van der Waals surface area contributed by atoms with Crippen LogP contribution < -0.4 is 47.9 Å². The number of rotatable bonds is 38. The quantitative estimate of drug-likeness (QED) is 0.0397. The smallest absolute Gasteiger partial charge is 0.246 e. The Morgan fingerprint density at radius 2 is 1.20 bits per heavy atom. The van der Waals surface area contributed by atoms with Gasteiger partial charge in [0.15, 0.2) is 0 Å². The van der Waals surface area contributed by atoms with E-state index in [4.69, 9.17) is 5.11 Å². The summed E-state index contributed by atoms with van der Waals surface area (Å²) in [5.74, 6) is -7.20. The van der Waals surface area contributed by atoms with Crippen LogP contribution in [0.2, 0.25) is 0 Å². The van der Waals surface area contributed by atoms with Crippen LogP contribution in [0.25, 0.3) is 0 Å². The first-order valence-corrected chi connectivity index (χ1v) is 29.5. The molecule has 10 atom stereocenters. The second-order valence-corrected chi connectivity index (χ2v) is 24.4. The molecule has 460 valence electrons. The van der Waals surface area contributed by atoms with Gasteiger partial charge in [-0.3, -0.25) is 47.9 Å². The lowest BCUT2D eigenvalue weighted by Crippen LogP contribution is -2.66. The first-order chi connectivity index (χ1) is 37.2. The van der Waals surface area contributed by atoms with E-state index < -0.39 is 112 Å². The molecule has 80 heavy (non-hydrogen) atoms. The first kappa shape index (κ1) is 72.8. The maximum absolute atomic E-state index is 14.2. The Bertz CT molecular complexity index is 2050. The number of likely N-dealkylation sites (tertiary alicyclic amines) is 1. The summed E-state index contributed by atoms with van der Waals surface area (Å²) < 4.78 is 0. The van der Waals surface area contributed by atoms with E-state index in [-0.39, 0.29) is 61.9 Å². The minimum Gasteiger partial charge on any atom is -0.395 e. The maximum Gasteiger partial charge on any atom is 0.246 e. The third-order valence-electron chi connectivity index (χ3n) is 15.0. The Labute approximate surface area is 477 Å². The lowest BCUT2D eigenvalue weighted by molar-refractivity contribution is -0.142. The third kappa shape index (κ3) is 24.9. The fourth-order valence-corrected chi connectivity index (χ4v) is 9.34. The number of ketones is 1. The van der Waals surface area contributed by atoms with Crippen molar-refractivity contribution in [1.82, 2.24) is 52.8 Å². The number of aliphatic hydroxyl groups is 2. The SMILES string of the molecule is CCCCCCCC[C@@H](C)C(=O)N1CCC[C@H]1C(=O)N[C@H](C[C@@H](C)C[C@@H](O)CC(=O)CC)C(=O)N[C@@H](C)C(=O)NC(C)(C)C(=O)N[C@H](C(=O)N[C@@H](C(=O)NC(C)(C)C(=O)NC(C)(C)C(=O)N[C@H](C)CNCCO)C(C)C)[C@H](C)CC. The van der Waals surface area contributed by atoms with Crippen molar-refractivity contribution in [3.05, 3.63) is 0 Å². The predicted molar refractivity (Wildman–Crippen MR) is 308 cm³/mol. The van der Waals surface area contributed by atoms with Crippen LogP contribution in [0, 0.1) is 23.7 Å². The molecule has 0 aliphatic carbocycles. The van der Waals surface area contributed by atoms with Gasteiger partial charge in [-0.1, -0.05) is 100 Å². The van der Waals surface area contributed by atoms with Crippen LogP contribution in [0.4, 0.5) is 0 Å². The molecule has 11 N–H and O–H groups in total. The van der Waals surface area contributed by atoms with Crippen LogP contribution in [0.15, 0.2) is 0 Å². The lowest BCUT2D eigenvalue weighted by Gasteiger charge is -2.35. The average molecular weight is 1140 g/mol. The van der Waals surface area contributed by atoms with E-state index in [1.807, 2.05) is 13.8 Å². The van der Waals surface area contributed by atoms with Crippen molar-refractivity contribution in [2.45, 2.75) is 260 Å². The van der Waals surface area contributed by atoms with Crippen LogP contribution in [0.5, 0.6) is 0 Å². The zero-order valence-electron chi connectivity index (χ0n) is 51.5. The average Bonchev–Trinajstić information content (AvgIpc) is 3.87. The van der Waals surface area contributed by atoms with Gasteiger partial charge < -0.3 is 63.0 Å². The molecule has 1 saturated heterocycles. The van der Waals surface area contributed by atoms with Gasteiger partial charge in [0.05, 0.1) is 12.7 Å². The van der Waals surface area contributed by atoms with Crippen molar-refractivity contribution >= 4 is 58.9 Å². The number of amides is 9. The highest BCUT2D eigenvalue weighted by molar-refractivity contribution is 6.00. The molecule has 0 aromatic rings. The van der Waals surface area contributed by atoms with Crippen LogP contribution in [0.1, 0.15) is 201 Å². The van der Waals surface area contributed by atoms with E-state index in [2.05, 4.69) is 54.8 Å². The summed E-state index contributed by atoms with van der Waals surface area (Å²) in [6.07, 6.45) is 8.06. The molecule has 1 fully saturated rings. The molecule has 0 bridgehead atoms. The van der Waals surface area contributed by atoms with Gasteiger partial charge in [0.2, 0.25) is 53.2 Å². The number of hydrogen-bond donors (Lipinski definition) is 11. The largest absolute Gasteiger partial charge is 0.395 e. The molecule has 1 aliphatic heterocycles. The number of nitrogens with one attached hydrogen (secondary N) is 9. The van der Waals surface area contributed by atoms with E-state index in [9.17, 15) is 53.1 Å². The second kappa shape index (κ2) is 34.9. The highest BCUT2D eigenvalue weighted by atomic mass is 16.3. The Morgan fingerprint density at radius 1 is 0.625 bits per heavy atom. The lowest BCUT2D eigenvalue weighted by atomic mass is 9.92.